The van der Waals surface area contributed by atoms with Crippen molar-refractivity contribution >= 4 is 24.4 Å². The summed E-state index contributed by atoms with van der Waals surface area (Å²) in [6, 6.07) is 6.29. The molecule has 0 atom stereocenters. The summed E-state index contributed by atoms with van der Waals surface area (Å²) in [5.41, 5.74) is 0. The van der Waals surface area contributed by atoms with Gasteiger partial charge in [-0.05, 0) is 24.3 Å². The second-order valence-corrected chi connectivity index (χ2v) is 6.07. The zero-order valence-electron chi connectivity index (χ0n) is 17.9. The van der Waals surface area contributed by atoms with Gasteiger partial charge in [0, 0.05) is 14.1 Å². The van der Waals surface area contributed by atoms with E-state index in [9.17, 15) is 19.2 Å². The van der Waals surface area contributed by atoms with Gasteiger partial charge in [0.25, 0.3) is 0 Å². The van der Waals surface area contributed by atoms with Crippen molar-refractivity contribution in [2.45, 2.75) is 26.4 Å². The number of amides is 4. The first-order valence-corrected chi connectivity index (χ1v) is 9.55. The minimum absolute atomic E-state index is 0.0684. The molecule has 2 aromatic rings. The third-order valence-corrected chi connectivity index (χ3v) is 3.69. The molecular formula is C19H24N4O10. The van der Waals surface area contributed by atoms with E-state index in [2.05, 4.69) is 21.3 Å². The van der Waals surface area contributed by atoms with E-state index in [1.54, 1.807) is 24.3 Å². The van der Waals surface area contributed by atoms with Crippen LogP contribution in [0.1, 0.15) is 23.0 Å². The topological polar surface area (TPSA) is 180 Å². The Bertz CT molecular complexity index is 864. The maximum atomic E-state index is 11.7. The van der Waals surface area contributed by atoms with Crippen LogP contribution in [0, 0.1) is 0 Å². The fraction of sp³-hybridized carbons (Fsp3) is 0.368. The largest absolute Gasteiger partial charge is 0.459 e. The average molecular weight is 468 g/mol. The van der Waals surface area contributed by atoms with Gasteiger partial charge in [-0.25, -0.2) is 19.2 Å². The first-order chi connectivity index (χ1) is 15.9. The molecule has 0 saturated heterocycles. The van der Waals surface area contributed by atoms with Gasteiger partial charge in [0.2, 0.25) is 0 Å². The maximum absolute atomic E-state index is 11.7. The number of carbonyl (C=O) groups excluding carboxylic acids is 4. The van der Waals surface area contributed by atoms with Crippen molar-refractivity contribution in [1.82, 2.24) is 21.3 Å². The summed E-state index contributed by atoms with van der Waals surface area (Å²) in [5, 5.41) is 9.20. The zero-order valence-corrected chi connectivity index (χ0v) is 17.9. The van der Waals surface area contributed by atoms with Gasteiger partial charge in [0.15, 0.2) is 26.4 Å². The molecule has 0 aromatic carbocycles. The van der Waals surface area contributed by atoms with E-state index >= 15 is 0 Å². The lowest BCUT2D eigenvalue weighted by Gasteiger charge is -2.08. The Labute approximate surface area is 187 Å². The summed E-state index contributed by atoms with van der Waals surface area (Å²) in [6.07, 6.45) is -2.81. The molecule has 2 aromatic heterocycles. The number of alkyl carbamates (subject to hydrolysis) is 4. The van der Waals surface area contributed by atoms with Gasteiger partial charge in [-0.1, -0.05) is 0 Å². The predicted molar refractivity (Wildman–Crippen MR) is 107 cm³/mol. The van der Waals surface area contributed by atoms with Crippen LogP contribution in [0.5, 0.6) is 0 Å². The Hall–Kier alpha value is -4.36. The van der Waals surface area contributed by atoms with E-state index in [0.717, 1.165) is 0 Å². The van der Waals surface area contributed by atoms with E-state index in [1.165, 1.54) is 14.1 Å². The Balaban J connectivity index is 1.57. The number of rotatable bonds is 10. The van der Waals surface area contributed by atoms with Crippen LogP contribution in [0.3, 0.4) is 0 Å². The molecule has 14 heteroatoms. The minimum atomic E-state index is -0.804. The predicted octanol–water partition coefficient (Wildman–Crippen LogP) is 1.69. The highest BCUT2D eigenvalue weighted by atomic mass is 16.6. The van der Waals surface area contributed by atoms with E-state index in [4.69, 9.17) is 27.8 Å². The quantitative estimate of drug-likeness (QED) is 0.296. The van der Waals surface area contributed by atoms with Crippen LogP contribution in [-0.2, 0) is 45.4 Å². The summed E-state index contributed by atoms with van der Waals surface area (Å²) in [5.74, 6) is 1.44. The minimum Gasteiger partial charge on any atom is -0.459 e. The Kier molecular flexibility index (Phi) is 9.92. The Morgan fingerprint density at radius 2 is 0.909 bits per heavy atom. The smallest absolute Gasteiger partial charge is 0.408 e. The second kappa shape index (κ2) is 13.1. The molecule has 0 aliphatic rings. The Morgan fingerprint density at radius 1 is 0.606 bits per heavy atom. The number of nitrogens with one attached hydrogen (secondary N) is 4. The third-order valence-electron chi connectivity index (χ3n) is 3.69. The lowest BCUT2D eigenvalue weighted by molar-refractivity contribution is 0.118. The highest BCUT2D eigenvalue weighted by Crippen LogP contribution is 2.11. The first kappa shape index (κ1) is 24.9. The third kappa shape index (κ3) is 9.54. The van der Waals surface area contributed by atoms with E-state index < -0.39 is 24.4 Å². The summed E-state index contributed by atoms with van der Waals surface area (Å²) >= 11 is 0. The summed E-state index contributed by atoms with van der Waals surface area (Å²) < 4.78 is 30.2. The van der Waals surface area contributed by atoms with Crippen molar-refractivity contribution in [3.8, 4) is 0 Å². The standard InChI is InChI=1S/C19H24N4O10/c1-20-16(24)28-7-12-3-5-14(32-12)9-30-18(26)22-11-23-19(27)31-10-15-6-4-13(33-15)8-29-17(25)21-2/h3-6H,7-11H2,1-2H3,(H,20,24)(H,21,25)(H,22,26)(H,23,27). The summed E-state index contributed by atoms with van der Waals surface area (Å²) in [6.45, 7) is -0.714. The van der Waals surface area contributed by atoms with Gasteiger partial charge in [-0.15, -0.1) is 0 Å². The second-order valence-electron chi connectivity index (χ2n) is 6.07. The van der Waals surface area contributed by atoms with Gasteiger partial charge in [0.05, 0.1) is 6.67 Å². The zero-order chi connectivity index (χ0) is 24.1. The Morgan fingerprint density at radius 3 is 1.21 bits per heavy atom. The van der Waals surface area contributed by atoms with Crippen LogP contribution < -0.4 is 21.3 Å². The number of hydrogen-bond donors (Lipinski definition) is 4. The van der Waals surface area contributed by atoms with Crippen molar-refractivity contribution in [2.75, 3.05) is 20.8 Å². The van der Waals surface area contributed by atoms with Crippen molar-refractivity contribution in [2.24, 2.45) is 0 Å². The molecule has 0 saturated carbocycles. The van der Waals surface area contributed by atoms with E-state index in [-0.39, 0.29) is 33.1 Å². The van der Waals surface area contributed by atoms with Crippen molar-refractivity contribution < 1.29 is 47.0 Å². The van der Waals surface area contributed by atoms with Gasteiger partial charge in [-0.3, -0.25) is 0 Å². The molecule has 14 nitrogen and oxygen atoms in total. The van der Waals surface area contributed by atoms with Gasteiger partial charge < -0.3 is 49.0 Å². The van der Waals surface area contributed by atoms with Gasteiger partial charge in [-0.2, -0.15) is 0 Å². The monoisotopic (exact) mass is 468 g/mol. The van der Waals surface area contributed by atoms with Gasteiger partial charge >= 0.3 is 24.4 Å². The molecule has 0 aliphatic carbocycles. The number of furan rings is 2. The van der Waals surface area contributed by atoms with Crippen molar-refractivity contribution in [3.05, 3.63) is 47.3 Å². The molecule has 0 aliphatic heterocycles. The molecule has 0 bridgehead atoms. The number of ether oxygens (including phenoxy) is 4. The van der Waals surface area contributed by atoms with Crippen LogP contribution >= 0.6 is 0 Å². The van der Waals surface area contributed by atoms with Gasteiger partial charge in [0.1, 0.15) is 23.0 Å². The lowest BCUT2D eigenvalue weighted by atomic mass is 10.4. The summed E-state index contributed by atoms with van der Waals surface area (Å²) in [4.78, 5) is 45.4. The summed E-state index contributed by atoms with van der Waals surface area (Å²) in [7, 11) is 2.86. The number of carbonyl (C=O) groups is 4. The van der Waals surface area contributed by atoms with Crippen LogP contribution in [0.2, 0.25) is 0 Å². The normalized spacial score (nSPS) is 10.0. The fourth-order valence-electron chi connectivity index (χ4n) is 2.14. The molecule has 0 spiro atoms. The van der Waals surface area contributed by atoms with Crippen molar-refractivity contribution in [3.63, 3.8) is 0 Å². The molecule has 0 fully saturated rings. The molecule has 4 amide bonds. The first-order valence-electron chi connectivity index (χ1n) is 9.55. The molecule has 33 heavy (non-hydrogen) atoms. The van der Waals surface area contributed by atoms with Crippen molar-refractivity contribution in [1.29, 1.82) is 0 Å². The van der Waals surface area contributed by atoms with Crippen LogP contribution in [0.25, 0.3) is 0 Å². The molecular weight excluding hydrogens is 444 g/mol. The average Bonchev–Trinajstić information content (AvgIpc) is 3.47. The van der Waals surface area contributed by atoms with E-state index in [0.29, 0.717) is 23.0 Å². The highest BCUT2D eigenvalue weighted by molar-refractivity contribution is 5.70. The molecule has 2 heterocycles. The fourth-order valence-corrected chi connectivity index (χ4v) is 2.14. The number of hydrogen-bond acceptors (Lipinski definition) is 10. The molecule has 0 radical (unpaired) electrons. The lowest BCUT2D eigenvalue weighted by Crippen LogP contribution is -2.37. The van der Waals surface area contributed by atoms with Crippen LogP contribution in [0.4, 0.5) is 19.2 Å². The molecule has 0 unspecified atom stereocenters. The highest BCUT2D eigenvalue weighted by Gasteiger charge is 2.10. The maximum Gasteiger partial charge on any atom is 0.408 e. The van der Waals surface area contributed by atoms with Crippen LogP contribution in [-0.4, -0.2) is 45.1 Å². The van der Waals surface area contributed by atoms with Crippen LogP contribution in [0.15, 0.2) is 33.1 Å². The molecule has 4 N–H and O–H groups in total. The molecule has 180 valence electrons. The SMILES string of the molecule is CNC(=O)OCc1ccc(COC(=O)NCNC(=O)OCc2ccc(COC(=O)NC)o2)o1. The molecule has 2 rings (SSSR count). The van der Waals surface area contributed by atoms with E-state index in [1.807, 2.05) is 0 Å².